The number of nitrogens with zero attached hydrogens (tertiary/aromatic N) is 1. The molecule has 0 aliphatic rings. The van der Waals surface area contributed by atoms with Gasteiger partial charge in [-0.2, -0.15) is 0 Å². The molecule has 1 aromatic rings. The number of amides is 1. The van der Waals surface area contributed by atoms with Crippen molar-refractivity contribution >= 4 is 11.9 Å². The largest absolute Gasteiger partial charge is 0.497 e. The maximum absolute atomic E-state index is 12.2. The van der Waals surface area contributed by atoms with Crippen molar-refractivity contribution in [2.75, 3.05) is 20.2 Å². The van der Waals surface area contributed by atoms with Crippen LogP contribution in [-0.2, 0) is 16.0 Å². The Morgan fingerprint density at radius 3 is 2.30 bits per heavy atom. The van der Waals surface area contributed by atoms with Gasteiger partial charge in [-0.05, 0) is 23.6 Å². The minimum Gasteiger partial charge on any atom is -0.497 e. The Morgan fingerprint density at radius 2 is 1.85 bits per heavy atom. The summed E-state index contributed by atoms with van der Waals surface area (Å²) >= 11 is 0. The van der Waals surface area contributed by atoms with E-state index < -0.39 is 5.97 Å². The Balaban J connectivity index is 2.70. The molecule has 0 heterocycles. The molecule has 0 fully saturated rings. The molecule has 20 heavy (non-hydrogen) atoms. The zero-order chi connectivity index (χ0) is 15.1. The number of carboxylic acids is 1. The molecule has 0 atom stereocenters. The van der Waals surface area contributed by atoms with Crippen molar-refractivity contribution in [2.45, 2.75) is 20.3 Å². The molecule has 0 spiro atoms. The van der Waals surface area contributed by atoms with Gasteiger partial charge in [-0.1, -0.05) is 26.0 Å². The lowest BCUT2D eigenvalue weighted by atomic mass is 10.1. The fourth-order valence-corrected chi connectivity index (χ4v) is 1.89. The van der Waals surface area contributed by atoms with Crippen LogP contribution in [0.15, 0.2) is 24.3 Å². The Morgan fingerprint density at radius 1 is 1.25 bits per heavy atom. The normalized spacial score (nSPS) is 10.4. The molecule has 1 aromatic carbocycles. The maximum Gasteiger partial charge on any atom is 0.323 e. The number of ether oxygens (including phenoxy) is 1. The summed E-state index contributed by atoms with van der Waals surface area (Å²) in [5.41, 5.74) is 0.843. The Labute approximate surface area is 119 Å². The highest BCUT2D eigenvalue weighted by molar-refractivity contribution is 5.83. The number of rotatable bonds is 7. The van der Waals surface area contributed by atoms with Crippen molar-refractivity contribution in [3.8, 4) is 5.75 Å². The summed E-state index contributed by atoms with van der Waals surface area (Å²) < 4.78 is 5.05. The first-order valence-corrected chi connectivity index (χ1v) is 6.55. The highest BCUT2D eigenvalue weighted by Crippen LogP contribution is 2.13. The van der Waals surface area contributed by atoms with Crippen LogP contribution in [-0.4, -0.2) is 42.1 Å². The predicted molar refractivity (Wildman–Crippen MR) is 75.8 cm³/mol. The van der Waals surface area contributed by atoms with Crippen LogP contribution in [0.1, 0.15) is 19.4 Å². The summed E-state index contributed by atoms with van der Waals surface area (Å²) in [6.45, 7) is 4.10. The Kier molecular flexibility index (Phi) is 6.03. The highest BCUT2D eigenvalue weighted by Gasteiger charge is 2.18. The molecule has 0 aromatic heterocycles. The molecule has 0 unspecified atom stereocenters. The Bertz CT molecular complexity index is 453. The van der Waals surface area contributed by atoms with Crippen molar-refractivity contribution < 1.29 is 19.4 Å². The summed E-state index contributed by atoms with van der Waals surface area (Å²) in [7, 11) is 1.58. The van der Waals surface area contributed by atoms with E-state index in [-0.39, 0.29) is 24.8 Å². The molecule has 5 nitrogen and oxygen atoms in total. The molecule has 0 saturated heterocycles. The van der Waals surface area contributed by atoms with Crippen molar-refractivity contribution in [2.24, 2.45) is 5.92 Å². The van der Waals surface area contributed by atoms with Crippen LogP contribution in [0.25, 0.3) is 0 Å². The molecule has 0 bridgehead atoms. The van der Waals surface area contributed by atoms with E-state index in [1.54, 1.807) is 19.2 Å². The van der Waals surface area contributed by atoms with Gasteiger partial charge in [0.25, 0.3) is 0 Å². The number of carbonyl (C=O) groups is 2. The number of carbonyl (C=O) groups excluding carboxylic acids is 1. The van der Waals surface area contributed by atoms with Crippen molar-refractivity contribution in [3.63, 3.8) is 0 Å². The molecule has 0 radical (unpaired) electrons. The van der Waals surface area contributed by atoms with Crippen molar-refractivity contribution in [1.29, 1.82) is 0 Å². The van der Waals surface area contributed by atoms with E-state index in [1.807, 2.05) is 26.0 Å². The van der Waals surface area contributed by atoms with Gasteiger partial charge in [0.05, 0.1) is 13.5 Å². The lowest BCUT2D eigenvalue weighted by molar-refractivity contribution is -0.144. The summed E-state index contributed by atoms with van der Waals surface area (Å²) in [5.74, 6) is -0.208. The monoisotopic (exact) mass is 279 g/mol. The number of benzene rings is 1. The van der Waals surface area contributed by atoms with Gasteiger partial charge in [0.1, 0.15) is 12.3 Å². The van der Waals surface area contributed by atoms with Gasteiger partial charge in [0, 0.05) is 6.54 Å². The first-order valence-electron chi connectivity index (χ1n) is 6.55. The zero-order valence-electron chi connectivity index (χ0n) is 12.1. The lowest BCUT2D eigenvalue weighted by Crippen LogP contribution is -2.39. The van der Waals surface area contributed by atoms with Crippen LogP contribution in [0.2, 0.25) is 0 Å². The fourth-order valence-electron chi connectivity index (χ4n) is 1.89. The van der Waals surface area contributed by atoms with Crippen molar-refractivity contribution in [3.05, 3.63) is 29.8 Å². The van der Waals surface area contributed by atoms with E-state index in [0.29, 0.717) is 6.54 Å². The van der Waals surface area contributed by atoms with E-state index in [4.69, 9.17) is 9.84 Å². The van der Waals surface area contributed by atoms with Gasteiger partial charge in [-0.25, -0.2) is 0 Å². The summed E-state index contributed by atoms with van der Waals surface area (Å²) in [6.07, 6.45) is 0.198. The SMILES string of the molecule is COc1ccc(CC(=O)N(CC(=O)O)CC(C)C)cc1. The van der Waals surface area contributed by atoms with Crippen molar-refractivity contribution in [1.82, 2.24) is 4.90 Å². The molecule has 110 valence electrons. The second-order valence-corrected chi connectivity index (χ2v) is 5.09. The molecule has 5 heteroatoms. The molecule has 0 aliphatic carbocycles. The van der Waals surface area contributed by atoms with Gasteiger partial charge >= 0.3 is 5.97 Å². The van der Waals surface area contributed by atoms with E-state index in [2.05, 4.69) is 0 Å². The average molecular weight is 279 g/mol. The third-order valence-corrected chi connectivity index (χ3v) is 2.78. The van der Waals surface area contributed by atoms with Gasteiger partial charge < -0.3 is 14.7 Å². The standard InChI is InChI=1S/C15H21NO4/c1-11(2)9-16(10-15(18)19)14(17)8-12-4-6-13(20-3)7-5-12/h4-7,11H,8-10H2,1-3H3,(H,18,19). The second-order valence-electron chi connectivity index (χ2n) is 5.09. The zero-order valence-corrected chi connectivity index (χ0v) is 12.1. The minimum absolute atomic E-state index is 0.175. The van der Waals surface area contributed by atoms with E-state index in [1.165, 1.54) is 4.90 Å². The summed E-state index contributed by atoms with van der Waals surface area (Å²) in [4.78, 5) is 24.4. The van der Waals surface area contributed by atoms with Crippen LogP contribution in [0.5, 0.6) is 5.75 Å². The summed E-state index contributed by atoms with van der Waals surface area (Å²) in [6, 6.07) is 7.19. The fraction of sp³-hybridized carbons (Fsp3) is 0.467. The average Bonchev–Trinajstić information content (AvgIpc) is 2.37. The van der Waals surface area contributed by atoms with Gasteiger partial charge in [-0.15, -0.1) is 0 Å². The number of methoxy groups -OCH3 is 1. The lowest BCUT2D eigenvalue weighted by Gasteiger charge is -2.22. The number of carboxylic acid groups (broad SMARTS) is 1. The molecule has 0 saturated carbocycles. The molecule has 1 amide bonds. The third kappa shape index (κ3) is 5.30. The molecular formula is C15H21NO4. The van der Waals surface area contributed by atoms with Gasteiger partial charge in [0.2, 0.25) is 5.91 Å². The third-order valence-electron chi connectivity index (χ3n) is 2.78. The Hall–Kier alpha value is -2.04. The van der Waals surface area contributed by atoms with E-state index in [0.717, 1.165) is 11.3 Å². The number of hydrogen-bond donors (Lipinski definition) is 1. The molecule has 1 N–H and O–H groups in total. The van der Waals surface area contributed by atoms with Crippen LogP contribution in [0.4, 0.5) is 0 Å². The molecular weight excluding hydrogens is 258 g/mol. The minimum atomic E-state index is -0.992. The van der Waals surface area contributed by atoms with Gasteiger partial charge in [-0.3, -0.25) is 9.59 Å². The topological polar surface area (TPSA) is 66.8 Å². The first-order chi connectivity index (χ1) is 9.42. The first kappa shape index (κ1) is 16.0. The second kappa shape index (κ2) is 7.53. The highest BCUT2D eigenvalue weighted by atomic mass is 16.5. The number of hydrogen-bond acceptors (Lipinski definition) is 3. The van der Waals surface area contributed by atoms with Crippen LogP contribution in [0.3, 0.4) is 0 Å². The smallest absolute Gasteiger partial charge is 0.323 e. The van der Waals surface area contributed by atoms with E-state index >= 15 is 0 Å². The van der Waals surface area contributed by atoms with Crippen LogP contribution in [0, 0.1) is 5.92 Å². The summed E-state index contributed by atoms with van der Waals surface area (Å²) in [5, 5.41) is 8.87. The van der Waals surface area contributed by atoms with Gasteiger partial charge in [0.15, 0.2) is 0 Å². The number of aliphatic carboxylic acids is 1. The quantitative estimate of drug-likeness (QED) is 0.826. The predicted octanol–water partition coefficient (Wildman–Crippen LogP) is 1.81. The molecule has 1 rings (SSSR count). The maximum atomic E-state index is 12.2. The van der Waals surface area contributed by atoms with Crippen LogP contribution < -0.4 is 4.74 Å². The van der Waals surface area contributed by atoms with Crippen LogP contribution >= 0.6 is 0 Å². The van der Waals surface area contributed by atoms with E-state index in [9.17, 15) is 9.59 Å². The molecule has 0 aliphatic heterocycles.